The molecule has 3 aromatic rings. The van der Waals surface area contributed by atoms with Crippen molar-refractivity contribution >= 4 is 21.4 Å². The summed E-state index contributed by atoms with van der Waals surface area (Å²) in [5.41, 5.74) is 1.28. The summed E-state index contributed by atoms with van der Waals surface area (Å²) in [5, 5.41) is -1.10. The van der Waals surface area contributed by atoms with E-state index in [2.05, 4.69) is 0 Å². The van der Waals surface area contributed by atoms with E-state index in [9.17, 15) is 17.6 Å². The van der Waals surface area contributed by atoms with Crippen LogP contribution in [-0.4, -0.2) is 28.5 Å². The first-order valence-electron chi connectivity index (χ1n) is 9.95. The molecule has 0 spiro atoms. The molecule has 0 aliphatic carbocycles. The van der Waals surface area contributed by atoms with E-state index in [1.54, 1.807) is 48.5 Å². The highest BCUT2D eigenvalue weighted by Crippen LogP contribution is 2.42. The van der Waals surface area contributed by atoms with Crippen molar-refractivity contribution in [2.45, 2.75) is 23.1 Å². The van der Waals surface area contributed by atoms with Gasteiger partial charge in [-0.25, -0.2) is 12.8 Å². The molecule has 0 fully saturated rings. The molecule has 32 heavy (non-hydrogen) atoms. The van der Waals surface area contributed by atoms with Crippen molar-refractivity contribution < 1.29 is 27.1 Å². The monoisotopic (exact) mass is 455 g/mol. The highest BCUT2D eigenvalue weighted by atomic mass is 32.2. The number of rotatable bonds is 5. The standard InChI is InChI=1S/C24H22FNO5S/c1-30-20-11-10-17(13-21(20)31-2)23-14-24(27)26(15-16-6-5-7-18(25)12-16)19-8-3-4-9-22(19)32(23,28)29/h3-13,23H,14-15H2,1-2H3/t23-/m1/s1. The fraction of sp³-hybridized carbons (Fsp3) is 0.208. The smallest absolute Gasteiger partial charge is 0.229 e. The summed E-state index contributed by atoms with van der Waals surface area (Å²) in [4.78, 5) is 14.8. The molecule has 8 heteroatoms. The van der Waals surface area contributed by atoms with Crippen LogP contribution in [0.5, 0.6) is 11.5 Å². The van der Waals surface area contributed by atoms with Crippen molar-refractivity contribution in [3.05, 3.63) is 83.7 Å². The van der Waals surface area contributed by atoms with Gasteiger partial charge in [0, 0.05) is 6.42 Å². The number of halogens is 1. The van der Waals surface area contributed by atoms with E-state index in [0.29, 0.717) is 22.6 Å². The van der Waals surface area contributed by atoms with Crippen molar-refractivity contribution in [1.29, 1.82) is 0 Å². The Morgan fingerprint density at radius 3 is 2.44 bits per heavy atom. The van der Waals surface area contributed by atoms with Crippen LogP contribution in [0.2, 0.25) is 0 Å². The lowest BCUT2D eigenvalue weighted by Crippen LogP contribution is -2.30. The summed E-state index contributed by atoms with van der Waals surface area (Å²) in [6.07, 6.45) is -0.262. The molecule has 1 aliphatic rings. The van der Waals surface area contributed by atoms with Gasteiger partial charge in [0.05, 0.1) is 36.6 Å². The van der Waals surface area contributed by atoms with E-state index in [1.807, 2.05) is 0 Å². The van der Waals surface area contributed by atoms with Crippen LogP contribution in [0.25, 0.3) is 0 Å². The summed E-state index contributed by atoms with van der Waals surface area (Å²) in [6.45, 7) is 0.0573. The van der Waals surface area contributed by atoms with Gasteiger partial charge in [-0.3, -0.25) is 4.79 Å². The number of ether oxygens (including phenoxy) is 2. The maximum Gasteiger partial charge on any atom is 0.229 e. The summed E-state index contributed by atoms with van der Waals surface area (Å²) in [7, 11) is -0.963. The summed E-state index contributed by atoms with van der Waals surface area (Å²) in [5.74, 6) is 0.0416. The molecule has 0 bridgehead atoms. The molecular weight excluding hydrogens is 433 g/mol. The zero-order chi connectivity index (χ0) is 22.9. The van der Waals surface area contributed by atoms with Crippen molar-refractivity contribution in [3.63, 3.8) is 0 Å². The lowest BCUT2D eigenvalue weighted by Gasteiger charge is -2.22. The Labute approximate surface area is 186 Å². The number of anilines is 1. The van der Waals surface area contributed by atoms with Crippen LogP contribution in [0.4, 0.5) is 10.1 Å². The highest BCUT2D eigenvalue weighted by Gasteiger charge is 2.39. The molecule has 3 aromatic carbocycles. The number of nitrogens with zero attached hydrogens (tertiary/aromatic N) is 1. The average Bonchev–Trinajstić information content (AvgIpc) is 2.87. The van der Waals surface area contributed by atoms with Crippen LogP contribution in [-0.2, 0) is 21.2 Å². The molecule has 4 rings (SSSR count). The summed E-state index contributed by atoms with van der Waals surface area (Å²) >= 11 is 0. The van der Waals surface area contributed by atoms with Crippen LogP contribution in [0.1, 0.15) is 22.8 Å². The fourth-order valence-corrected chi connectivity index (χ4v) is 5.84. The van der Waals surface area contributed by atoms with Crippen molar-refractivity contribution in [1.82, 2.24) is 0 Å². The van der Waals surface area contributed by atoms with Gasteiger partial charge in [-0.1, -0.05) is 30.3 Å². The number of benzene rings is 3. The van der Waals surface area contributed by atoms with Crippen LogP contribution in [0, 0.1) is 5.82 Å². The molecule has 0 saturated heterocycles. The molecule has 0 N–H and O–H groups in total. The van der Waals surface area contributed by atoms with E-state index >= 15 is 0 Å². The number of sulfone groups is 1. The SMILES string of the molecule is COc1ccc([C@H]2CC(=O)N(Cc3cccc(F)c3)c3ccccc3S2(=O)=O)cc1OC. The zero-order valence-electron chi connectivity index (χ0n) is 17.6. The van der Waals surface area contributed by atoms with Crippen molar-refractivity contribution in [2.75, 3.05) is 19.1 Å². The first-order valence-corrected chi connectivity index (χ1v) is 11.5. The van der Waals surface area contributed by atoms with E-state index in [-0.39, 0.29) is 29.5 Å². The Hall–Kier alpha value is -3.39. The maximum atomic E-state index is 13.7. The largest absolute Gasteiger partial charge is 0.493 e. The molecule has 1 heterocycles. The van der Waals surface area contributed by atoms with Gasteiger partial charge in [0.15, 0.2) is 21.3 Å². The quantitative estimate of drug-likeness (QED) is 0.574. The Morgan fingerprint density at radius 2 is 1.72 bits per heavy atom. The van der Waals surface area contributed by atoms with Crippen molar-refractivity contribution in [2.24, 2.45) is 0 Å². The van der Waals surface area contributed by atoms with E-state index in [0.717, 1.165) is 0 Å². The topological polar surface area (TPSA) is 72.9 Å². The fourth-order valence-electron chi connectivity index (χ4n) is 3.93. The highest BCUT2D eigenvalue weighted by molar-refractivity contribution is 7.92. The Balaban J connectivity index is 1.82. The second-order valence-corrected chi connectivity index (χ2v) is 9.53. The molecule has 0 saturated carbocycles. The molecule has 1 aliphatic heterocycles. The van der Waals surface area contributed by atoms with Gasteiger partial charge in [0.2, 0.25) is 5.91 Å². The van der Waals surface area contributed by atoms with Gasteiger partial charge in [-0.05, 0) is 47.5 Å². The molecule has 1 amide bonds. The van der Waals surface area contributed by atoms with E-state index in [1.165, 1.54) is 37.3 Å². The van der Waals surface area contributed by atoms with Crippen molar-refractivity contribution in [3.8, 4) is 11.5 Å². The first-order chi connectivity index (χ1) is 15.3. The zero-order valence-corrected chi connectivity index (χ0v) is 18.4. The second kappa shape index (κ2) is 8.63. The summed E-state index contributed by atoms with van der Waals surface area (Å²) in [6, 6.07) is 17.1. The van der Waals surface area contributed by atoms with Gasteiger partial charge in [0.1, 0.15) is 5.82 Å². The number of hydrogen-bond acceptors (Lipinski definition) is 5. The van der Waals surface area contributed by atoms with Crippen LogP contribution >= 0.6 is 0 Å². The third kappa shape index (κ3) is 3.93. The van der Waals surface area contributed by atoms with Gasteiger partial charge in [-0.15, -0.1) is 0 Å². The lowest BCUT2D eigenvalue weighted by molar-refractivity contribution is -0.118. The third-order valence-corrected chi connectivity index (χ3v) is 7.65. The van der Waals surface area contributed by atoms with Gasteiger partial charge < -0.3 is 14.4 Å². The minimum atomic E-state index is -3.92. The Morgan fingerprint density at radius 1 is 0.969 bits per heavy atom. The lowest BCUT2D eigenvalue weighted by atomic mass is 10.1. The molecule has 0 radical (unpaired) electrons. The minimum absolute atomic E-state index is 0.0573. The Kier molecular flexibility index (Phi) is 5.88. The van der Waals surface area contributed by atoms with E-state index in [4.69, 9.17) is 9.47 Å². The molecule has 1 atom stereocenters. The molecular formula is C24H22FNO5S. The number of amides is 1. The average molecular weight is 456 g/mol. The number of carbonyl (C=O) groups is 1. The first kappa shape index (κ1) is 21.8. The number of methoxy groups -OCH3 is 2. The predicted molar refractivity (Wildman–Crippen MR) is 118 cm³/mol. The normalized spacial score (nSPS) is 17.4. The minimum Gasteiger partial charge on any atom is -0.493 e. The Bertz CT molecular complexity index is 1270. The van der Waals surface area contributed by atoms with Crippen LogP contribution < -0.4 is 14.4 Å². The third-order valence-electron chi connectivity index (χ3n) is 5.51. The second-order valence-electron chi connectivity index (χ2n) is 7.43. The van der Waals surface area contributed by atoms with Gasteiger partial charge in [0.25, 0.3) is 0 Å². The number of carbonyl (C=O) groups excluding carboxylic acids is 1. The van der Waals surface area contributed by atoms with Crippen LogP contribution in [0.15, 0.2) is 71.6 Å². The summed E-state index contributed by atoms with van der Waals surface area (Å²) < 4.78 is 51.6. The molecule has 6 nitrogen and oxygen atoms in total. The molecule has 166 valence electrons. The van der Waals surface area contributed by atoms with E-state index < -0.39 is 20.9 Å². The molecule has 0 unspecified atom stereocenters. The number of fused-ring (bicyclic) bond motifs is 1. The number of para-hydroxylation sites is 1. The maximum absolute atomic E-state index is 13.7. The van der Waals surface area contributed by atoms with Crippen LogP contribution in [0.3, 0.4) is 0 Å². The predicted octanol–water partition coefficient (Wildman–Crippen LogP) is 4.29. The molecule has 0 aromatic heterocycles. The van der Waals surface area contributed by atoms with Gasteiger partial charge in [-0.2, -0.15) is 0 Å². The number of hydrogen-bond donors (Lipinski definition) is 0. The van der Waals surface area contributed by atoms with Gasteiger partial charge >= 0.3 is 0 Å².